The van der Waals surface area contributed by atoms with Gasteiger partial charge < -0.3 is 15.6 Å². The summed E-state index contributed by atoms with van der Waals surface area (Å²) in [6.07, 6.45) is 3.66. The Morgan fingerprint density at radius 1 is 1.27 bits per heavy atom. The summed E-state index contributed by atoms with van der Waals surface area (Å²) in [5.41, 5.74) is 6.79. The second-order valence-electron chi connectivity index (χ2n) is 8.48. The molecule has 1 aromatic rings. The van der Waals surface area contributed by atoms with Crippen LogP contribution in [-0.2, 0) is 23.2 Å². The highest BCUT2D eigenvalue weighted by molar-refractivity contribution is 6.07. The molecular formula is C19H29N5O2. The number of aryl methyl sites for hydroxylation is 1. The number of nitrogens with one attached hydrogen (secondary N) is 1. The van der Waals surface area contributed by atoms with Crippen LogP contribution in [0, 0.1) is 31.1 Å². The third-order valence-corrected chi connectivity index (χ3v) is 6.72. The number of aromatic nitrogens is 2. The first-order chi connectivity index (χ1) is 12.3. The van der Waals surface area contributed by atoms with E-state index in [2.05, 4.69) is 33.7 Å². The number of rotatable bonds is 6. The Bertz CT molecular complexity index is 747. The zero-order valence-corrected chi connectivity index (χ0v) is 15.9. The Labute approximate surface area is 154 Å². The normalized spacial score (nSPS) is 27.5. The maximum atomic E-state index is 12.6. The van der Waals surface area contributed by atoms with Gasteiger partial charge >= 0.3 is 0 Å². The zero-order chi connectivity index (χ0) is 18.6. The molecule has 0 spiro atoms. The molecule has 3 fully saturated rings. The summed E-state index contributed by atoms with van der Waals surface area (Å²) in [5.74, 6) is 1.58. The smallest absolute Gasteiger partial charge is 0.235 e. The van der Waals surface area contributed by atoms with Crippen molar-refractivity contribution in [2.75, 3.05) is 13.1 Å². The molecule has 3 N–H and O–H groups in total. The van der Waals surface area contributed by atoms with E-state index in [0.717, 1.165) is 31.2 Å². The first kappa shape index (κ1) is 17.5. The molecule has 3 aliphatic rings. The molecule has 1 aliphatic heterocycles. The second kappa shape index (κ2) is 6.08. The molecule has 0 radical (unpaired) electrons. The Hall–Kier alpha value is -1.89. The van der Waals surface area contributed by atoms with Gasteiger partial charge in [-0.15, -0.1) is 0 Å². The molecule has 7 nitrogen and oxygen atoms in total. The van der Waals surface area contributed by atoms with Crippen LogP contribution in [0.2, 0.25) is 0 Å². The highest BCUT2D eigenvalue weighted by Crippen LogP contribution is 2.47. The third kappa shape index (κ3) is 2.92. The molecule has 26 heavy (non-hydrogen) atoms. The van der Waals surface area contributed by atoms with Gasteiger partial charge in [0.2, 0.25) is 11.8 Å². The van der Waals surface area contributed by atoms with E-state index in [-0.39, 0.29) is 11.9 Å². The number of imidazole rings is 1. The molecule has 4 rings (SSSR count). The molecule has 7 heteroatoms. The summed E-state index contributed by atoms with van der Waals surface area (Å²) in [6, 6.07) is 0.106. The van der Waals surface area contributed by atoms with Gasteiger partial charge in [0.15, 0.2) is 0 Å². The monoisotopic (exact) mass is 359 g/mol. The van der Waals surface area contributed by atoms with Gasteiger partial charge in [-0.1, -0.05) is 0 Å². The number of likely N-dealkylation sites (tertiary alicyclic amines) is 1. The number of carbonyl (C=O) groups excluding carboxylic acids is 2. The van der Waals surface area contributed by atoms with Gasteiger partial charge in [0.05, 0.1) is 12.2 Å². The fraction of sp³-hybridized carbons (Fsp3) is 0.737. The van der Waals surface area contributed by atoms with Crippen molar-refractivity contribution < 1.29 is 9.59 Å². The van der Waals surface area contributed by atoms with E-state index in [1.54, 1.807) is 0 Å². The van der Waals surface area contributed by atoms with E-state index < -0.39 is 11.3 Å². The van der Waals surface area contributed by atoms with Crippen molar-refractivity contribution in [1.82, 2.24) is 19.8 Å². The van der Waals surface area contributed by atoms with Crippen molar-refractivity contribution in [2.45, 2.75) is 52.1 Å². The van der Waals surface area contributed by atoms with Gasteiger partial charge in [0, 0.05) is 31.9 Å². The minimum Gasteiger partial charge on any atom is -0.369 e. The molecule has 142 valence electrons. The van der Waals surface area contributed by atoms with Gasteiger partial charge in [-0.2, -0.15) is 0 Å². The van der Waals surface area contributed by atoms with Crippen molar-refractivity contribution in [3.05, 3.63) is 17.2 Å². The van der Waals surface area contributed by atoms with Crippen LogP contribution in [0.4, 0.5) is 0 Å². The molecule has 2 amide bonds. The van der Waals surface area contributed by atoms with Gasteiger partial charge in [-0.25, -0.2) is 4.98 Å². The van der Waals surface area contributed by atoms with E-state index in [1.165, 1.54) is 18.5 Å². The molecule has 2 saturated carbocycles. The van der Waals surface area contributed by atoms with Crippen LogP contribution in [0.15, 0.2) is 0 Å². The minimum atomic E-state index is -0.935. The average molecular weight is 359 g/mol. The standard InChI is InChI=1S/C19H29N5O2/c1-11-12(2)23(3)16(21-11)10-24-8-14(13-4-5-13)15(9-24)22-18(26)19(6-7-19)17(20)25/h13-15H,4-10H2,1-3H3,(H2,20,25)(H,22,26)/t14-,15+/m1/s1. The maximum Gasteiger partial charge on any atom is 0.235 e. The van der Waals surface area contributed by atoms with Gasteiger partial charge in [-0.05, 0) is 51.4 Å². The molecular weight excluding hydrogens is 330 g/mol. The summed E-state index contributed by atoms with van der Waals surface area (Å²) in [4.78, 5) is 31.4. The number of primary amides is 1. The van der Waals surface area contributed by atoms with E-state index in [4.69, 9.17) is 5.73 Å². The lowest BCUT2D eigenvalue weighted by Gasteiger charge is -2.22. The van der Waals surface area contributed by atoms with Gasteiger partial charge in [0.25, 0.3) is 0 Å². The molecule has 0 bridgehead atoms. The predicted molar refractivity (Wildman–Crippen MR) is 97.0 cm³/mol. The number of amides is 2. The zero-order valence-electron chi connectivity index (χ0n) is 15.9. The van der Waals surface area contributed by atoms with Crippen molar-refractivity contribution in [3.63, 3.8) is 0 Å². The Morgan fingerprint density at radius 2 is 1.96 bits per heavy atom. The summed E-state index contributed by atoms with van der Waals surface area (Å²) in [5, 5.41) is 3.17. The Morgan fingerprint density at radius 3 is 2.46 bits per heavy atom. The van der Waals surface area contributed by atoms with E-state index in [1.807, 2.05) is 6.92 Å². The van der Waals surface area contributed by atoms with Crippen molar-refractivity contribution in [1.29, 1.82) is 0 Å². The quantitative estimate of drug-likeness (QED) is 0.729. The van der Waals surface area contributed by atoms with Gasteiger partial charge in [0.1, 0.15) is 11.2 Å². The van der Waals surface area contributed by atoms with E-state index >= 15 is 0 Å². The van der Waals surface area contributed by atoms with Crippen molar-refractivity contribution >= 4 is 11.8 Å². The molecule has 1 saturated heterocycles. The van der Waals surface area contributed by atoms with Gasteiger partial charge in [-0.3, -0.25) is 14.5 Å². The molecule has 2 heterocycles. The van der Waals surface area contributed by atoms with Crippen LogP contribution in [-0.4, -0.2) is 45.4 Å². The lowest BCUT2D eigenvalue weighted by molar-refractivity contribution is -0.136. The van der Waals surface area contributed by atoms with Crippen LogP contribution < -0.4 is 11.1 Å². The van der Waals surface area contributed by atoms with E-state index in [0.29, 0.717) is 24.7 Å². The van der Waals surface area contributed by atoms with Crippen LogP contribution in [0.3, 0.4) is 0 Å². The lowest BCUT2D eigenvalue weighted by atomic mass is 9.96. The number of carbonyl (C=O) groups is 2. The topological polar surface area (TPSA) is 93.2 Å². The highest BCUT2D eigenvalue weighted by Gasteiger charge is 2.56. The SMILES string of the molecule is Cc1nc(CN2C[C@H](NC(=O)C3(C(N)=O)CC3)[C@@H](C3CC3)C2)n(C)c1C. The fourth-order valence-corrected chi connectivity index (χ4v) is 4.34. The van der Waals surface area contributed by atoms with Crippen LogP contribution in [0.5, 0.6) is 0 Å². The van der Waals surface area contributed by atoms with E-state index in [9.17, 15) is 9.59 Å². The largest absolute Gasteiger partial charge is 0.369 e. The Kier molecular flexibility index (Phi) is 4.10. The second-order valence-corrected chi connectivity index (χ2v) is 8.48. The molecule has 0 aromatic carbocycles. The minimum absolute atomic E-state index is 0.106. The number of nitrogens with two attached hydrogens (primary N) is 1. The maximum absolute atomic E-state index is 12.6. The molecule has 2 aliphatic carbocycles. The summed E-state index contributed by atoms with van der Waals surface area (Å²) in [6.45, 7) is 6.71. The van der Waals surface area contributed by atoms with Crippen molar-refractivity contribution in [2.24, 2.45) is 30.0 Å². The summed E-state index contributed by atoms with van der Waals surface area (Å²) < 4.78 is 2.15. The predicted octanol–water partition coefficient (Wildman–Crippen LogP) is 0.629. The molecule has 0 unspecified atom stereocenters. The van der Waals surface area contributed by atoms with Crippen LogP contribution in [0.1, 0.15) is 42.9 Å². The molecule has 2 atom stereocenters. The van der Waals surface area contributed by atoms with Crippen LogP contribution in [0.25, 0.3) is 0 Å². The first-order valence-corrected chi connectivity index (χ1v) is 9.64. The first-order valence-electron chi connectivity index (χ1n) is 9.64. The highest BCUT2D eigenvalue weighted by atomic mass is 16.2. The fourth-order valence-electron chi connectivity index (χ4n) is 4.34. The van der Waals surface area contributed by atoms with Crippen molar-refractivity contribution in [3.8, 4) is 0 Å². The summed E-state index contributed by atoms with van der Waals surface area (Å²) in [7, 11) is 2.06. The number of hydrogen-bond acceptors (Lipinski definition) is 4. The number of hydrogen-bond donors (Lipinski definition) is 2. The van der Waals surface area contributed by atoms with Crippen LogP contribution >= 0.6 is 0 Å². The Balaban J connectivity index is 1.44. The summed E-state index contributed by atoms with van der Waals surface area (Å²) >= 11 is 0. The lowest BCUT2D eigenvalue weighted by Crippen LogP contribution is -2.48. The molecule has 1 aromatic heterocycles. The number of nitrogens with zero attached hydrogens (tertiary/aromatic N) is 3. The average Bonchev–Trinajstić information content (AvgIpc) is 3.50. The third-order valence-electron chi connectivity index (χ3n) is 6.72.